The minimum absolute atomic E-state index is 0.104. The standard InChI is InChI=1S/C11H21NO3/c1-4-8-5-6-9(15-8)10(13)12-7-11(2,3)14/h8-9,14H,4-7H2,1-3H3,(H,12,13). The van der Waals surface area contributed by atoms with E-state index < -0.39 is 5.60 Å². The fourth-order valence-electron chi connectivity index (χ4n) is 1.62. The van der Waals surface area contributed by atoms with Crippen LogP contribution in [0.25, 0.3) is 0 Å². The van der Waals surface area contributed by atoms with E-state index in [4.69, 9.17) is 4.74 Å². The zero-order valence-electron chi connectivity index (χ0n) is 9.75. The molecule has 0 spiro atoms. The summed E-state index contributed by atoms with van der Waals surface area (Å²) >= 11 is 0. The normalized spacial score (nSPS) is 26.7. The van der Waals surface area contributed by atoms with E-state index in [1.807, 2.05) is 0 Å². The second-order valence-electron chi connectivity index (χ2n) is 4.76. The number of carbonyl (C=O) groups excluding carboxylic acids is 1. The van der Waals surface area contributed by atoms with Crippen LogP contribution in [0, 0.1) is 0 Å². The van der Waals surface area contributed by atoms with E-state index in [0.717, 1.165) is 19.3 Å². The van der Waals surface area contributed by atoms with Crippen LogP contribution in [0.1, 0.15) is 40.0 Å². The van der Waals surface area contributed by atoms with E-state index in [1.54, 1.807) is 13.8 Å². The molecule has 0 radical (unpaired) electrons. The Kier molecular flexibility index (Phi) is 4.11. The maximum absolute atomic E-state index is 11.6. The Hall–Kier alpha value is -0.610. The minimum atomic E-state index is -0.863. The summed E-state index contributed by atoms with van der Waals surface area (Å²) in [4.78, 5) is 11.6. The van der Waals surface area contributed by atoms with Crippen LogP contribution in [-0.2, 0) is 9.53 Å². The second-order valence-corrected chi connectivity index (χ2v) is 4.76. The first-order valence-electron chi connectivity index (χ1n) is 5.58. The van der Waals surface area contributed by atoms with Crippen LogP contribution in [0.15, 0.2) is 0 Å². The SMILES string of the molecule is CCC1CCC(C(=O)NCC(C)(C)O)O1. The summed E-state index contributed by atoms with van der Waals surface area (Å²) in [7, 11) is 0. The molecule has 0 aromatic rings. The highest BCUT2D eigenvalue weighted by molar-refractivity contribution is 5.81. The van der Waals surface area contributed by atoms with Crippen molar-refractivity contribution in [3.63, 3.8) is 0 Å². The monoisotopic (exact) mass is 215 g/mol. The third-order valence-electron chi connectivity index (χ3n) is 2.55. The summed E-state index contributed by atoms with van der Waals surface area (Å²) < 4.78 is 5.54. The number of carbonyl (C=O) groups is 1. The van der Waals surface area contributed by atoms with E-state index in [0.29, 0.717) is 0 Å². The zero-order valence-corrected chi connectivity index (χ0v) is 9.75. The number of hydrogen-bond acceptors (Lipinski definition) is 3. The molecule has 2 atom stereocenters. The van der Waals surface area contributed by atoms with Crippen molar-refractivity contribution in [3.8, 4) is 0 Å². The summed E-state index contributed by atoms with van der Waals surface area (Å²) in [6, 6.07) is 0. The highest BCUT2D eigenvalue weighted by atomic mass is 16.5. The third kappa shape index (κ3) is 4.18. The molecule has 1 aliphatic rings. The number of rotatable bonds is 4. The van der Waals surface area contributed by atoms with E-state index in [2.05, 4.69) is 12.2 Å². The highest BCUT2D eigenvalue weighted by Crippen LogP contribution is 2.21. The van der Waals surface area contributed by atoms with E-state index in [-0.39, 0.29) is 24.7 Å². The van der Waals surface area contributed by atoms with Gasteiger partial charge >= 0.3 is 0 Å². The van der Waals surface area contributed by atoms with Gasteiger partial charge in [-0.3, -0.25) is 4.79 Å². The molecule has 4 nitrogen and oxygen atoms in total. The molecule has 0 aromatic heterocycles. The number of ether oxygens (including phenoxy) is 1. The first-order valence-corrected chi connectivity index (χ1v) is 5.58. The van der Waals surface area contributed by atoms with Crippen molar-refractivity contribution in [2.75, 3.05) is 6.54 Å². The lowest BCUT2D eigenvalue weighted by molar-refractivity contribution is -0.133. The molecule has 2 N–H and O–H groups in total. The van der Waals surface area contributed by atoms with Crippen LogP contribution in [0.4, 0.5) is 0 Å². The summed E-state index contributed by atoms with van der Waals surface area (Å²) in [5.74, 6) is -0.104. The molecular formula is C11H21NO3. The molecule has 1 rings (SSSR count). The van der Waals surface area contributed by atoms with Gasteiger partial charge < -0.3 is 15.2 Å². The highest BCUT2D eigenvalue weighted by Gasteiger charge is 2.30. The van der Waals surface area contributed by atoms with Crippen molar-refractivity contribution < 1.29 is 14.6 Å². The Morgan fingerprint density at radius 2 is 2.20 bits per heavy atom. The number of hydrogen-bond donors (Lipinski definition) is 2. The van der Waals surface area contributed by atoms with Crippen LogP contribution in [0.2, 0.25) is 0 Å². The lowest BCUT2D eigenvalue weighted by Crippen LogP contribution is -2.42. The topological polar surface area (TPSA) is 58.6 Å². The Labute approximate surface area is 91.0 Å². The number of nitrogens with one attached hydrogen (secondary N) is 1. The van der Waals surface area contributed by atoms with Gasteiger partial charge in [-0.15, -0.1) is 0 Å². The van der Waals surface area contributed by atoms with Crippen LogP contribution in [-0.4, -0.2) is 35.4 Å². The fraction of sp³-hybridized carbons (Fsp3) is 0.909. The van der Waals surface area contributed by atoms with Gasteiger partial charge in [0.05, 0.1) is 11.7 Å². The predicted octanol–water partition coefficient (Wildman–Crippen LogP) is 0.831. The predicted molar refractivity (Wildman–Crippen MR) is 57.5 cm³/mol. The largest absolute Gasteiger partial charge is 0.389 e. The maximum Gasteiger partial charge on any atom is 0.249 e. The Balaban J connectivity index is 2.30. The first-order chi connectivity index (χ1) is 6.92. The Bertz CT molecular complexity index is 222. The molecule has 2 unspecified atom stereocenters. The van der Waals surface area contributed by atoms with Crippen molar-refractivity contribution in [3.05, 3.63) is 0 Å². The first kappa shape index (κ1) is 12.5. The third-order valence-corrected chi connectivity index (χ3v) is 2.55. The molecule has 0 aliphatic carbocycles. The summed E-state index contributed by atoms with van der Waals surface area (Å²) in [5, 5.41) is 12.1. The summed E-state index contributed by atoms with van der Waals surface area (Å²) in [6.07, 6.45) is 2.60. The molecular weight excluding hydrogens is 194 g/mol. The van der Waals surface area contributed by atoms with Gasteiger partial charge in [-0.25, -0.2) is 0 Å². The average molecular weight is 215 g/mol. The van der Waals surface area contributed by atoms with Crippen LogP contribution in [0.3, 0.4) is 0 Å². The smallest absolute Gasteiger partial charge is 0.249 e. The van der Waals surface area contributed by atoms with Gasteiger partial charge in [0, 0.05) is 6.54 Å². The quantitative estimate of drug-likeness (QED) is 0.730. The summed E-state index contributed by atoms with van der Waals surface area (Å²) in [6.45, 7) is 5.65. The lowest BCUT2D eigenvalue weighted by Gasteiger charge is -2.19. The van der Waals surface area contributed by atoms with E-state index in [9.17, 15) is 9.90 Å². The van der Waals surface area contributed by atoms with E-state index in [1.165, 1.54) is 0 Å². The van der Waals surface area contributed by atoms with Crippen molar-refractivity contribution in [2.45, 2.75) is 57.8 Å². The van der Waals surface area contributed by atoms with Gasteiger partial charge in [-0.2, -0.15) is 0 Å². The van der Waals surface area contributed by atoms with Gasteiger partial charge in [0.15, 0.2) is 0 Å². The zero-order chi connectivity index (χ0) is 11.5. The second kappa shape index (κ2) is 4.94. The molecule has 88 valence electrons. The number of amides is 1. The Morgan fingerprint density at radius 3 is 2.67 bits per heavy atom. The fourth-order valence-corrected chi connectivity index (χ4v) is 1.62. The maximum atomic E-state index is 11.6. The van der Waals surface area contributed by atoms with Crippen LogP contribution < -0.4 is 5.32 Å². The van der Waals surface area contributed by atoms with Crippen molar-refractivity contribution >= 4 is 5.91 Å². The van der Waals surface area contributed by atoms with Gasteiger partial charge in [-0.05, 0) is 33.1 Å². The number of aliphatic hydroxyl groups is 1. The summed E-state index contributed by atoms with van der Waals surface area (Å²) in [5.41, 5.74) is -0.863. The molecule has 1 heterocycles. The van der Waals surface area contributed by atoms with Crippen LogP contribution >= 0.6 is 0 Å². The minimum Gasteiger partial charge on any atom is -0.389 e. The van der Waals surface area contributed by atoms with Crippen LogP contribution in [0.5, 0.6) is 0 Å². The molecule has 1 aliphatic heterocycles. The molecule has 0 aromatic carbocycles. The van der Waals surface area contributed by atoms with Gasteiger partial charge in [0.25, 0.3) is 0 Å². The van der Waals surface area contributed by atoms with Crippen molar-refractivity contribution in [2.24, 2.45) is 0 Å². The lowest BCUT2D eigenvalue weighted by atomic mass is 10.1. The van der Waals surface area contributed by atoms with Crippen molar-refractivity contribution in [1.82, 2.24) is 5.32 Å². The van der Waals surface area contributed by atoms with Gasteiger partial charge in [-0.1, -0.05) is 6.92 Å². The molecule has 15 heavy (non-hydrogen) atoms. The molecule has 0 saturated carbocycles. The molecule has 1 fully saturated rings. The average Bonchev–Trinajstić information content (AvgIpc) is 2.61. The van der Waals surface area contributed by atoms with E-state index >= 15 is 0 Å². The molecule has 4 heteroatoms. The Morgan fingerprint density at radius 1 is 1.53 bits per heavy atom. The molecule has 1 amide bonds. The molecule has 1 saturated heterocycles. The molecule has 0 bridgehead atoms. The van der Waals surface area contributed by atoms with Gasteiger partial charge in [0.1, 0.15) is 6.10 Å². The van der Waals surface area contributed by atoms with Gasteiger partial charge in [0.2, 0.25) is 5.91 Å². The van der Waals surface area contributed by atoms with Crippen molar-refractivity contribution in [1.29, 1.82) is 0 Å².